The fraction of sp³-hybridized carbons (Fsp3) is 0. The van der Waals surface area contributed by atoms with Gasteiger partial charge in [-0.05, 0) is 46.3 Å². The second-order valence-corrected chi connectivity index (χ2v) is 8.63. The number of carbonyl (C=O) groups excluding carboxylic acids is 2. The van der Waals surface area contributed by atoms with Crippen molar-refractivity contribution in [3.05, 3.63) is 98.3 Å². The van der Waals surface area contributed by atoms with Crippen LogP contribution in [0, 0.1) is 0 Å². The minimum absolute atomic E-state index is 0.305. The van der Waals surface area contributed by atoms with Crippen molar-refractivity contribution in [2.45, 2.75) is 0 Å². The molecule has 0 aliphatic heterocycles. The van der Waals surface area contributed by atoms with E-state index in [1.807, 2.05) is 30.3 Å². The molecule has 0 fully saturated rings. The van der Waals surface area contributed by atoms with Gasteiger partial charge in [-0.3, -0.25) is 4.79 Å². The van der Waals surface area contributed by atoms with Crippen molar-refractivity contribution >= 4 is 67.0 Å². The lowest BCUT2D eigenvalue weighted by Gasteiger charge is -2.07. The fourth-order valence-electron chi connectivity index (χ4n) is 2.84. The molecule has 0 spiro atoms. The summed E-state index contributed by atoms with van der Waals surface area (Å²) in [6.45, 7) is 0. The Kier molecular flexibility index (Phi) is 6.46. The second-order valence-electron chi connectivity index (χ2n) is 6.35. The topological polar surface area (TPSA) is 67.8 Å². The highest BCUT2D eigenvalue weighted by atomic mass is 79.9. The first-order valence-corrected chi connectivity index (χ1v) is 11.1. The van der Waals surface area contributed by atoms with Crippen molar-refractivity contribution in [2.24, 2.45) is 5.10 Å². The third-order valence-corrected chi connectivity index (χ3v) is 6.68. The molecule has 1 amide bonds. The molecule has 0 atom stereocenters. The number of para-hydroxylation sites is 1. The maximum Gasteiger partial charge on any atom is 0.355 e. The predicted octanol–water partition coefficient (Wildman–Crippen LogP) is 6.30. The Balaban J connectivity index is 1.51. The van der Waals surface area contributed by atoms with Crippen LogP contribution in [0.1, 0.15) is 25.6 Å². The van der Waals surface area contributed by atoms with E-state index in [1.54, 1.807) is 42.5 Å². The van der Waals surface area contributed by atoms with Crippen LogP contribution in [0.5, 0.6) is 5.75 Å². The summed E-state index contributed by atoms with van der Waals surface area (Å²) >= 11 is 11.0. The zero-order valence-electron chi connectivity index (χ0n) is 15.8. The maximum absolute atomic E-state index is 12.7. The van der Waals surface area contributed by atoms with Crippen molar-refractivity contribution in [3.63, 3.8) is 0 Å². The van der Waals surface area contributed by atoms with Gasteiger partial charge in [-0.25, -0.2) is 10.2 Å². The molecule has 4 rings (SSSR count). The molecular formula is C23H14BrClN2O3S. The van der Waals surface area contributed by atoms with Gasteiger partial charge in [-0.15, -0.1) is 11.3 Å². The van der Waals surface area contributed by atoms with Gasteiger partial charge in [0.2, 0.25) is 0 Å². The van der Waals surface area contributed by atoms with Crippen LogP contribution in [-0.4, -0.2) is 18.1 Å². The molecule has 1 heterocycles. The van der Waals surface area contributed by atoms with E-state index in [0.717, 1.165) is 10.1 Å². The van der Waals surface area contributed by atoms with Crippen LogP contribution in [0.15, 0.2) is 82.4 Å². The average molecular weight is 514 g/mol. The quantitative estimate of drug-likeness (QED) is 0.147. The standard InChI is InChI=1S/C23H14BrClN2O3S/c24-17-10-4-2-8-15(17)22(28)27-26-13-14-7-1-5-11-18(14)30-23(29)21-20(25)16-9-3-6-12-19(16)31-21/h1-13H,(H,27,28). The summed E-state index contributed by atoms with van der Waals surface area (Å²) in [6, 6.07) is 21.4. The number of hydrogen-bond acceptors (Lipinski definition) is 5. The van der Waals surface area contributed by atoms with Gasteiger partial charge < -0.3 is 4.74 Å². The summed E-state index contributed by atoms with van der Waals surface area (Å²) < 4.78 is 7.15. The van der Waals surface area contributed by atoms with Crippen LogP contribution in [0.25, 0.3) is 10.1 Å². The smallest absolute Gasteiger partial charge is 0.355 e. The molecule has 31 heavy (non-hydrogen) atoms. The molecule has 1 N–H and O–H groups in total. The number of thiophene rings is 1. The summed E-state index contributed by atoms with van der Waals surface area (Å²) in [5.74, 6) is -0.612. The highest BCUT2D eigenvalue weighted by Crippen LogP contribution is 2.36. The molecule has 4 aromatic rings. The lowest BCUT2D eigenvalue weighted by Crippen LogP contribution is -2.18. The molecule has 0 aliphatic carbocycles. The van der Waals surface area contributed by atoms with Gasteiger partial charge >= 0.3 is 5.97 Å². The molecule has 0 bridgehead atoms. The summed E-state index contributed by atoms with van der Waals surface area (Å²) in [5, 5.41) is 5.18. The third kappa shape index (κ3) is 4.69. The zero-order valence-corrected chi connectivity index (χ0v) is 19.0. The molecule has 3 aromatic carbocycles. The average Bonchev–Trinajstić information content (AvgIpc) is 3.12. The Hall–Kier alpha value is -3.00. The van der Waals surface area contributed by atoms with Gasteiger partial charge in [-0.1, -0.05) is 54.1 Å². The van der Waals surface area contributed by atoms with Crippen molar-refractivity contribution in [1.29, 1.82) is 0 Å². The Morgan fingerprint density at radius 1 is 1.00 bits per heavy atom. The number of hydrogen-bond donors (Lipinski definition) is 1. The van der Waals surface area contributed by atoms with Gasteiger partial charge in [0, 0.05) is 20.1 Å². The van der Waals surface area contributed by atoms with Gasteiger partial charge in [0.15, 0.2) is 0 Å². The Labute approximate surface area is 195 Å². The minimum atomic E-state index is -0.552. The first-order valence-electron chi connectivity index (χ1n) is 9.11. The van der Waals surface area contributed by atoms with E-state index < -0.39 is 5.97 Å². The highest BCUT2D eigenvalue weighted by molar-refractivity contribution is 9.10. The van der Waals surface area contributed by atoms with Gasteiger partial charge in [-0.2, -0.15) is 5.10 Å². The van der Waals surface area contributed by atoms with Crippen LogP contribution < -0.4 is 10.2 Å². The van der Waals surface area contributed by atoms with E-state index in [2.05, 4.69) is 26.5 Å². The van der Waals surface area contributed by atoms with Gasteiger partial charge in [0.1, 0.15) is 10.6 Å². The molecule has 154 valence electrons. The van der Waals surface area contributed by atoms with E-state index in [1.165, 1.54) is 17.6 Å². The number of carbonyl (C=O) groups is 2. The Bertz CT molecular complexity index is 1320. The Morgan fingerprint density at radius 2 is 1.71 bits per heavy atom. The zero-order chi connectivity index (χ0) is 21.8. The molecule has 0 radical (unpaired) electrons. The molecular weight excluding hydrogens is 500 g/mol. The number of fused-ring (bicyclic) bond motifs is 1. The summed E-state index contributed by atoms with van der Waals surface area (Å²) in [6.07, 6.45) is 1.42. The summed E-state index contributed by atoms with van der Waals surface area (Å²) in [4.78, 5) is 25.3. The number of halogens is 2. The van der Waals surface area contributed by atoms with Crippen LogP contribution in [0.2, 0.25) is 5.02 Å². The summed E-state index contributed by atoms with van der Waals surface area (Å²) in [7, 11) is 0. The van der Waals surface area contributed by atoms with Crippen molar-refractivity contribution in [2.75, 3.05) is 0 Å². The molecule has 0 unspecified atom stereocenters. The Morgan fingerprint density at radius 3 is 2.52 bits per heavy atom. The monoisotopic (exact) mass is 512 g/mol. The van der Waals surface area contributed by atoms with Crippen LogP contribution >= 0.6 is 38.9 Å². The van der Waals surface area contributed by atoms with Crippen LogP contribution in [-0.2, 0) is 0 Å². The molecule has 0 aliphatic rings. The van der Waals surface area contributed by atoms with Crippen molar-refractivity contribution < 1.29 is 14.3 Å². The number of nitrogens with one attached hydrogen (secondary N) is 1. The van der Waals surface area contributed by atoms with Crippen molar-refractivity contribution in [1.82, 2.24) is 5.43 Å². The molecule has 1 aromatic heterocycles. The second kappa shape index (κ2) is 9.43. The molecule has 0 saturated carbocycles. The van der Waals surface area contributed by atoms with Crippen molar-refractivity contribution in [3.8, 4) is 5.75 Å². The first-order chi connectivity index (χ1) is 15.0. The lowest BCUT2D eigenvalue weighted by molar-refractivity contribution is 0.0739. The van der Waals surface area contributed by atoms with E-state index >= 15 is 0 Å². The number of ether oxygens (including phenoxy) is 1. The van der Waals surface area contributed by atoms with Gasteiger partial charge in [0.05, 0.1) is 16.8 Å². The normalized spacial score (nSPS) is 11.0. The van der Waals surface area contributed by atoms with E-state index in [-0.39, 0.29) is 5.91 Å². The molecule has 5 nitrogen and oxygen atoms in total. The number of hydrazone groups is 1. The minimum Gasteiger partial charge on any atom is -0.422 e. The largest absolute Gasteiger partial charge is 0.422 e. The van der Waals surface area contributed by atoms with Crippen LogP contribution in [0.4, 0.5) is 0 Å². The number of rotatable bonds is 5. The van der Waals surface area contributed by atoms with Crippen LogP contribution in [0.3, 0.4) is 0 Å². The van der Waals surface area contributed by atoms with Gasteiger partial charge in [0.25, 0.3) is 5.91 Å². The molecule has 0 saturated heterocycles. The van der Waals surface area contributed by atoms with E-state index in [0.29, 0.717) is 31.2 Å². The predicted molar refractivity (Wildman–Crippen MR) is 127 cm³/mol. The van der Waals surface area contributed by atoms with E-state index in [4.69, 9.17) is 16.3 Å². The maximum atomic E-state index is 12.7. The number of esters is 1. The lowest BCUT2D eigenvalue weighted by atomic mass is 10.2. The molecule has 8 heteroatoms. The fourth-order valence-corrected chi connectivity index (χ4v) is 4.69. The first kappa shape index (κ1) is 21.2. The number of nitrogens with zero attached hydrogens (tertiary/aromatic N) is 1. The number of amides is 1. The highest BCUT2D eigenvalue weighted by Gasteiger charge is 2.19. The third-order valence-electron chi connectivity index (χ3n) is 4.33. The van der Waals surface area contributed by atoms with E-state index in [9.17, 15) is 9.59 Å². The summed E-state index contributed by atoms with van der Waals surface area (Å²) in [5.41, 5.74) is 3.45. The number of benzene rings is 3. The SMILES string of the molecule is O=C(NN=Cc1ccccc1OC(=O)c1sc2ccccc2c1Cl)c1ccccc1Br.